The maximum atomic E-state index is 5.64. The number of hydrogen-bond donors (Lipinski definition) is 0. The highest BCUT2D eigenvalue weighted by Gasteiger charge is 1.94. The third-order valence-electron chi connectivity index (χ3n) is 2.91. The number of unbranched alkanes of at least 4 members (excludes halogenated alkanes) is 2. The van der Waals surface area contributed by atoms with Gasteiger partial charge in [-0.15, -0.1) is 0 Å². The van der Waals surface area contributed by atoms with Gasteiger partial charge in [-0.05, 0) is 49.4 Å². The quantitative estimate of drug-likeness (QED) is 0.655. The molecule has 1 heteroatoms. The maximum absolute atomic E-state index is 5.64. The third kappa shape index (κ3) is 4.62. The van der Waals surface area contributed by atoms with E-state index < -0.39 is 0 Å². The summed E-state index contributed by atoms with van der Waals surface area (Å²) in [4.78, 5) is 0. The molecule has 18 heavy (non-hydrogen) atoms. The molecule has 1 radical (unpaired) electrons. The topological polar surface area (TPSA) is 9.23 Å². The summed E-state index contributed by atoms with van der Waals surface area (Å²) >= 11 is 0. The largest absolute Gasteiger partial charge is 0.494 e. The van der Waals surface area contributed by atoms with E-state index in [1.54, 1.807) is 0 Å². The lowest BCUT2D eigenvalue weighted by atomic mass is 10.1. The molecule has 93 valence electrons. The Kier molecular flexibility index (Phi) is 5.32. The summed E-state index contributed by atoms with van der Waals surface area (Å²) in [5.41, 5.74) is 1.43. The van der Waals surface area contributed by atoms with Crippen molar-refractivity contribution in [3.8, 4) is 5.75 Å². The van der Waals surface area contributed by atoms with Crippen LogP contribution in [0.3, 0.4) is 0 Å². The highest BCUT2D eigenvalue weighted by atomic mass is 16.5. The van der Waals surface area contributed by atoms with Gasteiger partial charge in [0.2, 0.25) is 0 Å². The minimum absolute atomic E-state index is 0.804. The van der Waals surface area contributed by atoms with Crippen molar-refractivity contribution in [2.24, 2.45) is 0 Å². The van der Waals surface area contributed by atoms with E-state index in [0.717, 1.165) is 18.8 Å². The molecule has 0 aliphatic heterocycles. The van der Waals surface area contributed by atoms with Crippen LogP contribution in [0.5, 0.6) is 5.75 Å². The van der Waals surface area contributed by atoms with E-state index in [1.165, 1.54) is 24.8 Å². The standard InChI is InChI=1S/C17H19O/c1-4-10-16(11-5-1)12-6-3-9-15-18-17-13-7-2-8-14-17/h1,4-5,7-8,10-11,13-14H,3,6,9,12,15H2. The van der Waals surface area contributed by atoms with Gasteiger partial charge in [0.05, 0.1) is 6.61 Å². The van der Waals surface area contributed by atoms with Crippen LogP contribution in [0.1, 0.15) is 24.8 Å². The summed E-state index contributed by atoms with van der Waals surface area (Å²) in [5.74, 6) is 0.941. The smallest absolute Gasteiger partial charge is 0.119 e. The summed E-state index contributed by atoms with van der Waals surface area (Å²) in [5, 5.41) is 0. The second-order valence-electron chi connectivity index (χ2n) is 4.38. The van der Waals surface area contributed by atoms with E-state index in [-0.39, 0.29) is 0 Å². The predicted octanol–water partition coefficient (Wildman–Crippen LogP) is 4.28. The SMILES string of the molecule is [c]1ccc(OCCCCCc2ccccc2)cc1. The van der Waals surface area contributed by atoms with Crippen LogP contribution in [-0.4, -0.2) is 6.61 Å². The molecule has 2 aromatic carbocycles. The van der Waals surface area contributed by atoms with Crippen LogP contribution in [0.15, 0.2) is 54.6 Å². The zero-order valence-corrected chi connectivity index (χ0v) is 10.6. The van der Waals surface area contributed by atoms with Crippen LogP contribution >= 0.6 is 0 Å². The molecule has 0 aliphatic rings. The fourth-order valence-corrected chi connectivity index (χ4v) is 1.91. The van der Waals surface area contributed by atoms with Crippen LogP contribution in [0.4, 0.5) is 0 Å². The molecule has 0 amide bonds. The average molecular weight is 239 g/mol. The zero-order valence-electron chi connectivity index (χ0n) is 10.6. The maximum Gasteiger partial charge on any atom is 0.119 e. The van der Waals surface area contributed by atoms with E-state index in [2.05, 4.69) is 36.4 Å². The summed E-state index contributed by atoms with van der Waals surface area (Å²) in [7, 11) is 0. The molecule has 0 atom stereocenters. The van der Waals surface area contributed by atoms with Gasteiger partial charge < -0.3 is 4.74 Å². The van der Waals surface area contributed by atoms with Gasteiger partial charge in [0.1, 0.15) is 5.75 Å². The third-order valence-corrected chi connectivity index (χ3v) is 2.91. The lowest BCUT2D eigenvalue weighted by molar-refractivity contribution is 0.305. The normalized spacial score (nSPS) is 10.2. The molecule has 0 aromatic heterocycles. The summed E-state index contributed by atoms with van der Waals surface area (Å²) < 4.78 is 5.64. The number of aryl methyl sites for hydroxylation is 1. The molecular formula is C17H19O. The molecule has 0 fully saturated rings. The number of benzene rings is 2. The first-order valence-corrected chi connectivity index (χ1v) is 6.58. The summed E-state index contributed by atoms with van der Waals surface area (Å²) in [6.45, 7) is 0.804. The van der Waals surface area contributed by atoms with Gasteiger partial charge in [0.15, 0.2) is 0 Å². The van der Waals surface area contributed by atoms with Crippen molar-refractivity contribution in [2.45, 2.75) is 25.7 Å². The van der Waals surface area contributed by atoms with E-state index in [1.807, 2.05) is 24.3 Å². The molecule has 2 rings (SSSR count). The van der Waals surface area contributed by atoms with E-state index in [9.17, 15) is 0 Å². The molecule has 0 aliphatic carbocycles. The van der Waals surface area contributed by atoms with Crippen LogP contribution in [0.2, 0.25) is 0 Å². The number of hydrogen-bond acceptors (Lipinski definition) is 1. The molecule has 0 unspecified atom stereocenters. The first-order valence-electron chi connectivity index (χ1n) is 6.58. The Hall–Kier alpha value is -1.76. The van der Waals surface area contributed by atoms with E-state index >= 15 is 0 Å². The Morgan fingerprint density at radius 1 is 0.833 bits per heavy atom. The van der Waals surface area contributed by atoms with E-state index in [4.69, 9.17) is 4.74 Å². The molecule has 1 nitrogen and oxygen atoms in total. The minimum atomic E-state index is 0.804. The Bertz CT molecular complexity index is 378. The van der Waals surface area contributed by atoms with Crippen molar-refractivity contribution >= 4 is 0 Å². The first kappa shape index (κ1) is 12.7. The Morgan fingerprint density at radius 3 is 2.39 bits per heavy atom. The molecule has 0 spiro atoms. The summed E-state index contributed by atoms with van der Waals surface area (Å²) in [6, 6.07) is 21.3. The van der Waals surface area contributed by atoms with Crippen LogP contribution in [-0.2, 0) is 6.42 Å². The summed E-state index contributed by atoms with van der Waals surface area (Å²) in [6.07, 6.45) is 4.73. The van der Waals surface area contributed by atoms with Crippen LogP contribution in [0.25, 0.3) is 0 Å². The Morgan fingerprint density at radius 2 is 1.61 bits per heavy atom. The van der Waals surface area contributed by atoms with Gasteiger partial charge in [-0.1, -0.05) is 42.5 Å². The van der Waals surface area contributed by atoms with Gasteiger partial charge in [-0.2, -0.15) is 0 Å². The lowest BCUT2D eigenvalue weighted by Gasteiger charge is -2.05. The fraction of sp³-hybridized carbons (Fsp3) is 0.294. The van der Waals surface area contributed by atoms with Gasteiger partial charge in [0.25, 0.3) is 0 Å². The molecule has 0 bridgehead atoms. The Labute approximate surface area is 109 Å². The van der Waals surface area contributed by atoms with Crippen molar-refractivity contribution in [2.75, 3.05) is 6.61 Å². The van der Waals surface area contributed by atoms with Gasteiger partial charge in [-0.25, -0.2) is 0 Å². The Balaban J connectivity index is 1.54. The molecule has 0 saturated heterocycles. The van der Waals surface area contributed by atoms with Crippen molar-refractivity contribution < 1.29 is 4.74 Å². The number of rotatable bonds is 7. The highest BCUT2D eigenvalue weighted by molar-refractivity contribution is 5.20. The molecular weight excluding hydrogens is 220 g/mol. The van der Waals surface area contributed by atoms with Gasteiger partial charge in [0, 0.05) is 0 Å². The second-order valence-corrected chi connectivity index (χ2v) is 4.38. The predicted molar refractivity (Wildman–Crippen MR) is 74.8 cm³/mol. The second kappa shape index (κ2) is 7.54. The average Bonchev–Trinajstić information content (AvgIpc) is 2.45. The van der Waals surface area contributed by atoms with Crippen LogP contribution < -0.4 is 4.74 Å². The molecule has 0 heterocycles. The minimum Gasteiger partial charge on any atom is -0.494 e. The van der Waals surface area contributed by atoms with E-state index in [0.29, 0.717) is 0 Å². The first-order chi connectivity index (χ1) is 8.95. The highest BCUT2D eigenvalue weighted by Crippen LogP contribution is 2.10. The van der Waals surface area contributed by atoms with Crippen molar-refractivity contribution in [1.82, 2.24) is 0 Å². The molecule has 0 saturated carbocycles. The van der Waals surface area contributed by atoms with Crippen molar-refractivity contribution in [3.63, 3.8) is 0 Å². The van der Waals surface area contributed by atoms with Crippen molar-refractivity contribution in [1.29, 1.82) is 0 Å². The van der Waals surface area contributed by atoms with Crippen molar-refractivity contribution in [3.05, 3.63) is 66.2 Å². The number of ether oxygens (including phenoxy) is 1. The molecule has 2 aromatic rings. The van der Waals surface area contributed by atoms with Gasteiger partial charge >= 0.3 is 0 Å². The monoisotopic (exact) mass is 239 g/mol. The lowest BCUT2D eigenvalue weighted by Crippen LogP contribution is -1.97. The zero-order chi connectivity index (χ0) is 12.5. The molecule has 0 N–H and O–H groups in total. The van der Waals surface area contributed by atoms with Crippen LogP contribution in [0, 0.1) is 6.07 Å². The van der Waals surface area contributed by atoms with Gasteiger partial charge in [-0.3, -0.25) is 0 Å². The fourth-order valence-electron chi connectivity index (χ4n) is 1.91.